The molecule has 11 nitrogen and oxygen atoms in total. The maximum absolute atomic E-state index is 14.7. The van der Waals surface area contributed by atoms with Gasteiger partial charge < -0.3 is 9.64 Å². The van der Waals surface area contributed by atoms with Crippen LogP contribution in [0.4, 0.5) is 21.5 Å². The van der Waals surface area contributed by atoms with Gasteiger partial charge in [-0.25, -0.2) is 18.2 Å². The number of amides is 1. The fraction of sp³-hybridized carbons (Fsp3) is 0.231. The van der Waals surface area contributed by atoms with Crippen LogP contribution in [0.15, 0.2) is 76.7 Å². The highest BCUT2D eigenvalue weighted by Crippen LogP contribution is 2.27. The van der Waals surface area contributed by atoms with Crippen molar-refractivity contribution in [2.24, 2.45) is 5.10 Å². The van der Waals surface area contributed by atoms with Gasteiger partial charge in [0.15, 0.2) is 0 Å². The summed E-state index contributed by atoms with van der Waals surface area (Å²) in [6, 6.07) is 15.5. The zero-order valence-corrected chi connectivity index (χ0v) is 21.8. The van der Waals surface area contributed by atoms with Crippen LogP contribution < -0.4 is 14.6 Å². The van der Waals surface area contributed by atoms with Crippen LogP contribution in [0.25, 0.3) is 0 Å². The normalized spacial score (nSPS) is 13.8. The van der Waals surface area contributed by atoms with Crippen molar-refractivity contribution in [3.8, 4) is 0 Å². The lowest BCUT2D eigenvalue weighted by Crippen LogP contribution is -2.40. The molecule has 0 aliphatic carbocycles. The summed E-state index contributed by atoms with van der Waals surface area (Å²) in [7, 11) is -4.31. The molecule has 1 amide bonds. The van der Waals surface area contributed by atoms with Crippen molar-refractivity contribution in [1.82, 2.24) is 5.43 Å². The Morgan fingerprint density at radius 2 is 1.85 bits per heavy atom. The number of para-hydroxylation sites is 1. The number of halogens is 1. The Morgan fingerprint density at radius 3 is 2.51 bits per heavy atom. The van der Waals surface area contributed by atoms with Gasteiger partial charge in [0.05, 0.1) is 34.9 Å². The van der Waals surface area contributed by atoms with Crippen LogP contribution in [-0.4, -0.2) is 58.3 Å². The third kappa shape index (κ3) is 6.56. The molecule has 13 heteroatoms. The van der Waals surface area contributed by atoms with E-state index in [1.165, 1.54) is 48.7 Å². The van der Waals surface area contributed by atoms with Gasteiger partial charge in [-0.1, -0.05) is 29.8 Å². The number of anilines is 2. The summed E-state index contributed by atoms with van der Waals surface area (Å²) in [5.41, 5.74) is 3.67. The van der Waals surface area contributed by atoms with Crippen molar-refractivity contribution >= 4 is 39.2 Å². The molecule has 0 saturated carbocycles. The summed E-state index contributed by atoms with van der Waals surface area (Å²) in [6.07, 6.45) is 1.25. The number of hydrogen-bond donors (Lipinski definition) is 1. The highest BCUT2D eigenvalue weighted by Gasteiger charge is 2.29. The molecule has 0 spiro atoms. The first-order valence-electron chi connectivity index (χ1n) is 11.9. The van der Waals surface area contributed by atoms with E-state index < -0.39 is 33.2 Å². The van der Waals surface area contributed by atoms with Gasteiger partial charge in [-0.2, -0.15) is 5.10 Å². The topological polar surface area (TPSA) is 134 Å². The highest BCUT2D eigenvalue weighted by atomic mass is 32.2. The van der Waals surface area contributed by atoms with Gasteiger partial charge in [0, 0.05) is 36.5 Å². The first-order chi connectivity index (χ1) is 18.7. The number of hydrazone groups is 1. The molecule has 0 atom stereocenters. The van der Waals surface area contributed by atoms with Crippen molar-refractivity contribution in [3.05, 3.63) is 93.8 Å². The van der Waals surface area contributed by atoms with Gasteiger partial charge in [-0.05, 0) is 37.3 Å². The molecule has 0 unspecified atom stereocenters. The summed E-state index contributed by atoms with van der Waals surface area (Å²) in [4.78, 5) is 25.5. The number of nitro groups is 1. The van der Waals surface area contributed by atoms with Crippen molar-refractivity contribution in [1.29, 1.82) is 0 Å². The number of carbonyl (C=O) groups excluding carboxylic acids is 1. The molecule has 3 aromatic carbocycles. The van der Waals surface area contributed by atoms with Gasteiger partial charge in [0.1, 0.15) is 12.4 Å². The second-order valence-corrected chi connectivity index (χ2v) is 10.5. The molecule has 4 rings (SSSR count). The molecule has 0 radical (unpaired) electrons. The van der Waals surface area contributed by atoms with Crippen LogP contribution in [0.1, 0.15) is 11.1 Å². The number of rotatable bonds is 9. The SMILES string of the molecule is Cc1ccc(S(=O)(=O)N(CC(=O)N/N=C/c2cc([N+](=O)[O-])ccc2N2CCOCC2)c2ccccc2F)cc1. The predicted molar refractivity (Wildman–Crippen MR) is 144 cm³/mol. The van der Waals surface area contributed by atoms with Crippen LogP contribution >= 0.6 is 0 Å². The second kappa shape index (κ2) is 12.0. The molecule has 1 aliphatic heterocycles. The Balaban J connectivity index is 1.58. The number of nitrogens with zero attached hydrogens (tertiary/aromatic N) is 4. The molecular formula is C26H26FN5O6S. The lowest BCUT2D eigenvalue weighted by molar-refractivity contribution is -0.384. The maximum Gasteiger partial charge on any atom is 0.270 e. The zero-order valence-electron chi connectivity index (χ0n) is 21.0. The molecule has 0 aromatic heterocycles. The van der Waals surface area contributed by atoms with E-state index in [1.54, 1.807) is 25.1 Å². The minimum absolute atomic E-state index is 0.112. The van der Waals surface area contributed by atoms with Crippen molar-refractivity contribution in [2.75, 3.05) is 42.1 Å². The number of hydrogen-bond acceptors (Lipinski definition) is 8. The first kappa shape index (κ1) is 27.7. The molecule has 1 aliphatic rings. The molecule has 1 heterocycles. The third-order valence-corrected chi connectivity index (χ3v) is 7.76. The number of non-ortho nitro benzene ring substituents is 1. The van der Waals surface area contributed by atoms with E-state index >= 15 is 0 Å². The number of ether oxygens (including phenoxy) is 1. The Hall–Kier alpha value is -4.36. The predicted octanol–water partition coefficient (Wildman–Crippen LogP) is 3.22. The van der Waals surface area contributed by atoms with E-state index in [0.717, 1.165) is 11.6 Å². The van der Waals surface area contributed by atoms with Gasteiger partial charge in [-0.15, -0.1) is 0 Å². The fourth-order valence-electron chi connectivity index (χ4n) is 3.98. The molecule has 0 bridgehead atoms. The monoisotopic (exact) mass is 555 g/mol. The van der Waals surface area contributed by atoms with Gasteiger partial charge in [0.2, 0.25) is 0 Å². The van der Waals surface area contributed by atoms with Crippen LogP contribution in [-0.2, 0) is 19.6 Å². The minimum Gasteiger partial charge on any atom is -0.378 e. The number of sulfonamides is 1. The Kier molecular flexibility index (Phi) is 8.52. The van der Waals surface area contributed by atoms with Crippen LogP contribution in [0.3, 0.4) is 0 Å². The maximum atomic E-state index is 14.7. The first-order valence-corrected chi connectivity index (χ1v) is 13.4. The average Bonchev–Trinajstić information content (AvgIpc) is 2.93. The van der Waals surface area contributed by atoms with E-state index in [9.17, 15) is 27.7 Å². The van der Waals surface area contributed by atoms with Crippen molar-refractivity contribution in [3.63, 3.8) is 0 Å². The van der Waals surface area contributed by atoms with E-state index in [-0.39, 0.29) is 16.3 Å². The molecular weight excluding hydrogens is 529 g/mol. The van der Waals surface area contributed by atoms with Crippen LogP contribution in [0, 0.1) is 22.9 Å². The number of benzene rings is 3. The van der Waals surface area contributed by atoms with E-state index in [1.807, 2.05) is 4.90 Å². The molecule has 3 aromatic rings. The molecule has 1 saturated heterocycles. The van der Waals surface area contributed by atoms with Gasteiger partial charge in [-0.3, -0.25) is 19.2 Å². The Morgan fingerprint density at radius 1 is 1.15 bits per heavy atom. The minimum atomic E-state index is -4.31. The average molecular weight is 556 g/mol. The molecule has 204 valence electrons. The Labute approximate surface area is 224 Å². The van der Waals surface area contributed by atoms with Crippen LogP contribution in [0.5, 0.6) is 0 Å². The van der Waals surface area contributed by atoms with E-state index in [2.05, 4.69) is 10.5 Å². The third-order valence-electron chi connectivity index (χ3n) is 5.98. The van der Waals surface area contributed by atoms with Crippen LogP contribution in [0.2, 0.25) is 0 Å². The van der Waals surface area contributed by atoms with Gasteiger partial charge in [0.25, 0.3) is 21.6 Å². The van der Waals surface area contributed by atoms with E-state index in [4.69, 9.17) is 4.74 Å². The lowest BCUT2D eigenvalue weighted by atomic mass is 10.1. The molecule has 1 N–H and O–H groups in total. The number of aryl methyl sites for hydroxylation is 1. The fourth-order valence-corrected chi connectivity index (χ4v) is 5.41. The summed E-state index contributed by atoms with van der Waals surface area (Å²) in [6.45, 7) is 3.15. The number of carbonyl (C=O) groups is 1. The summed E-state index contributed by atoms with van der Waals surface area (Å²) >= 11 is 0. The second-order valence-electron chi connectivity index (χ2n) is 8.67. The molecule has 39 heavy (non-hydrogen) atoms. The largest absolute Gasteiger partial charge is 0.378 e. The standard InChI is InChI=1S/C26H26FN5O6S/c1-19-6-9-22(10-7-19)39(36,37)31(25-5-3-2-4-23(25)27)18-26(33)29-28-17-20-16-21(32(34)35)8-11-24(20)30-12-14-38-15-13-30/h2-11,16-17H,12-15,18H2,1H3,(H,29,33)/b28-17+. The summed E-state index contributed by atoms with van der Waals surface area (Å²) < 4.78 is 47.5. The zero-order chi connectivity index (χ0) is 28.0. The number of nitro benzene ring substituents is 1. The van der Waals surface area contributed by atoms with Crippen molar-refractivity contribution < 1.29 is 27.3 Å². The Bertz CT molecular complexity index is 1490. The van der Waals surface area contributed by atoms with E-state index in [0.29, 0.717) is 41.9 Å². The number of nitrogens with one attached hydrogen (secondary N) is 1. The highest BCUT2D eigenvalue weighted by molar-refractivity contribution is 7.92. The lowest BCUT2D eigenvalue weighted by Gasteiger charge is -2.29. The smallest absolute Gasteiger partial charge is 0.270 e. The molecule has 1 fully saturated rings. The van der Waals surface area contributed by atoms with Gasteiger partial charge >= 0.3 is 0 Å². The summed E-state index contributed by atoms with van der Waals surface area (Å²) in [5, 5.41) is 15.2. The number of morpholine rings is 1. The quantitative estimate of drug-likeness (QED) is 0.243. The summed E-state index contributed by atoms with van der Waals surface area (Å²) in [5.74, 6) is -1.67. The van der Waals surface area contributed by atoms with Crippen molar-refractivity contribution in [2.45, 2.75) is 11.8 Å².